The standard InChI is InChI=1S/C27H33N3O4.C2H6/c1-2-28-22-15-9-10-16-23(22)34-24(28)18-17-21-25(31)29(19-11-5-3-6-12-19)27(33)30(26(21)32)20-13-7-4-8-14-20;1-2/h9-10,15-20H,2-8,11-14H2,1H3;1-2H3/b24-18-;. The van der Waals surface area contributed by atoms with E-state index in [4.69, 9.17) is 4.74 Å². The van der Waals surface area contributed by atoms with Crippen molar-refractivity contribution in [1.29, 1.82) is 0 Å². The third kappa shape index (κ3) is 4.93. The molecule has 1 saturated heterocycles. The lowest BCUT2D eigenvalue weighted by Gasteiger charge is -2.43. The zero-order valence-corrected chi connectivity index (χ0v) is 21.9. The lowest BCUT2D eigenvalue weighted by atomic mass is 9.91. The molecule has 4 amide bonds. The number of para-hydroxylation sites is 2. The van der Waals surface area contributed by atoms with Crippen molar-refractivity contribution in [3.63, 3.8) is 0 Å². The minimum absolute atomic E-state index is 0.0545. The van der Waals surface area contributed by atoms with Crippen molar-refractivity contribution < 1.29 is 19.1 Å². The first kappa shape index (κ1) is 26.0. The van der Waals surface area contributed by atoms with Gasteiger partial charge in [-0.05, 0) is 56.9 Å². The Labute approximate surface area is 214 Å². The number of anilines is 1. The largest absolute Gasteiger partial charge is 0.439 e. The Morgan fingerprint density at radius 3 is 1.86 bits per heavy atom. The SMILES string of the molecule is CC.CCN1/C(=C/C=C2C(=O)N(C3CCCCC3)C(=O)N(C3CCCCC3)C2=O)Oc2ccccc21. The van der Waals surface area contributed by atoms with Crippen LogP contribution in [0.5, 0.6) is 5.75 Å². The van der Waals surface area contributed by atoms with Gasteiger partial charge in [0.05, 0.1) is 5.69 Å². The summed E-state index contributed by atoms with van der Waals surface area (Å²) in [6.07, 6.45) is 12.7. The van der Waals surface area contributed by atoms with Crippen molar-refractivity contribution >= 4 is 23.5 Å². The second-order valence-electron chi connectivity index (χ2n) is 9.62. The summed E-state index contributed by atoms with van der Waals surface area (Å²) < 4.78 is 6.01. The van der Waals surface area contributed by atoms with Crippen LogP contribution in [0, 0.1) is 0 Å². The summed E-state index contributed by atoms with van der Waals surface area (Å²) in [7, 11) is 0. The monoisotopic (exact) mass is 493 g/mol. The van der Waals surface area contributed by atoms with E-state index in [1.54, 1.807) is 12.2 Å². The Hall–Kier alpha value is -3.09. The topological polar surface area (TPSA) is 70.2 Å². The van der Waals surface area contributed by atoms with Crippen LogP contribution >= 0.6 is 0 Å². The third-order valence-corrected chi connectivity index (χ3v) is 7.54. The highest BCUT2D eigenvalue weighted by molar-refractivity contribution is 6.29. The predicted molar refractivity (Wildman–Crippen MR) is 140 cm³/mol. The number of carbonyl (C=O) groups is 3. The second-order valence-corrected chi connectivity index (χ2v) is 9.62. The maximum atomic E-state index is 13.6. The first-order valence-corrected chi connectivity index (χ1v) is 13.8. The van der Waals surface area contributed by atoms with Crippen LogP contribution in [0.15, 0.2) is 47.9 Å². The minimum Gasteiger partial charge on any atom is -0.439 e. The molecule has 0 aromatic heterocycles. The molecule has 2 aliphatic heterocycles. The van der Waals surface area contributed by atoms with E-state index in [1.165, 1.54) is 9.80 Å². The number of amides is 4. The van der Waals surface area contributed by atoms with Crippen LogP contribution in [0.2, 0.25) is 0 Å². The Balaban J connectivity index is 0.00000148. The van der Waals surface area contributed by atoms with Crippen LogP contribution in [0.3, 0.4) is 0 Å². The highest BCUT2D eigenvalue weighted by Gasteiger charge is 2.47. The number of hydrogen-bond donors (Lipinski definition) is 0. The molecule has 0 atom stereocenters. The van der Waals surface area contributed by atoms with Crippen molar-refractivity contribution in [1.82, 2.24) is 9.80 Å². The number of hydrogen-bond acceptors (Lipinski definition) is 5. The zero-order chi connectivity index (χ0) is 25.7. The Morgan fingerprint density at radius 1 is 0.806 bits per heavy atom. The van der Waals surface area contributed by atoms with Crippen LogP contribution < -0.4 is 9.64 Å². The van der Waals surface area contributed by atoms with E-state index in [2.05, 4.69) is 0 Å². The average molecular weight is 494 g/mol. The van der Waals surface area contributed by atoms with Gasteiger partial charge in [0.15, 0.2) is 5.75 Å². The van der Waals surface area contributed by atoms with Gasteiger partial charge in [0.2, 0.25) is 5.88 Å². The van der Waals surface area contributed by atoms with Gasteiger partial charge in [-0.25, -0.2) is 4.79 Å². The summed E-state index contributed by atoms with van der Waals surface area (Å²) in [6.45, 7) is 6.71. The van der Waals surface area contributed by atoms with Crippen LogP contribution in [0.1, 0.15) is 85.0 Å². The van der Waals surface area contributed by atoms with E-state index >= 15 is 0 Å². The average Bonchev–Trinajstić information content (AvgIpc) is 3.28. The molecule has 36 heavy (non-hydrogen) atoms. The fourth-order valence-corrected chi connectivity index (χ4v) is 5.76. The fraction of sp³-hybridized carbons (Fsp3) is 0.552. The molecule has 0 radical (unpaired) electrons. The van der Waals surface area contributed by atoms with E-state index in [9.17, 15) is 14.4 Å². The number of fused-ring (bicyclic) bond motifs is 1. The van der Waals surface area contributed by atoms with Crippen molar-refractivity contribution in [3.8, 4) is 5.75 Å². The van der Waals surface area contributed by atoms with Crippen LogP contribution in [-0.4, -0.2) is 46.3 Å². The lowest BCUT2D eigenvalue weighted by Crippen LogP contribution is -2.62. The predicted octanol–water partition coefficient (Wildman–Crippen LogP) is 6.16. The van der Waals surface area contributed by atoms with E-state index in [1.807, 2.05) is 49.9 Å². The smallest absolute Gasteiger partial charge is 0.334 e. The molecule has 4 aliphatic rings. The molecule has 7 heteroatoms. The summed E-state index contributed by atoms with van der Waals surface area (Å²) in [6, 6.07) is 7.06. The van der Waals surface area contributed by atoms with Gasteiger partial charge in [-0.3, -0.25) is 19.4 Å². The number of ether oxygens (including phenoxy) is 1. The Bertz CT molecular complexity index is 993. The molecule has 0 unspecified atom stereocenters. The van der Waals surface area contributed by atoms with Gasteiger partial charge in [-0.1, -0.05) is 64.5 Å². The number of allylic oxidation sites excluding steroid dienone is 2. The number of urea groups is 1. The molecule has 5 rings (SSSR count). The molecule has 0 bridgehead atoms. The van der Waals surface area contributed by atoms with Gasteiger partial charge in [0, 0.05) is 18.6 Å². The lowest BCUT2D eigenvalue weighted by molar-refractivity contribution is -0.139. The van der Waals surface area contributed by atoms with Crippen molar-refractivity contribution in [3.05, 3.63) is 47.9 Å². The van der Waals surface area contributed by atoms with Gasteiger partial charge in [0.25, 0.3) is 11.8 Å². The van der Waals surface area contributed by atoms with Crippen LogP contribution in [0.25, 0.3) is 0 Å². The van der Waals surface area contributed by atoms with E-state index < -0.39 is 17.8 Å². The Morgan fingerprint density at radius 2 is 1.33 bits per heavy atom. The number of nitrogens with zero attached hydrogens (tertiary/aromatic N) is 3. The molecule has 2 saturated carbocycles. The van der Waals surface area contributed by atoms with Crippen LogP contribution in [-0.2, 0) is 9.59 Å². The first-order chi connectivity index (χ1) is 17.6. The molecular weight excluding hydrogens is 454 g/mol. The number of rotatable bonds is 4. The molecule has 7 nitrogen and oxygen atoms in total. The van der Waals surface area contributed by atoms with Gasteiger partial charge >= 0.3 is 6.03 Å². The third-order valence-electron chi connectivity index (χ3n) is 7.54. The van der Waals surface area contributed by atoms with Crippen molar-refractivity contribution in [2.24, 2.45) is 0 Å². The molecule has 1 aromatic rings. The molecule has 194 valence electrons. The highest BCUT2D eigenvalue weighted by Crippen LogP contribution is 2.38. The second kappa shape index (κ2) is 11.8. The minimum atomic E-state index is -0.468. The van der Waals surface area contributed by atoms with Gasteiger partial charge in [-0.15, -0.1) is 0 Å². The first-order valence-electron chi connectivity index (χ1n) is 13.8. The van der Waals surface area contributed by atoms with E-state index in [-0.39, 0.29) is 17.7 Å². The van der Waals surface area contributed by atoms with Gasteiger partial charge in [-0.2, -0.15) is 0 Å². The summed E-state index contributed by atoms with van der Waals surface area (Å²) >= 11 is 0. The molecule has 0 N–H and O–H groups in total. The van der Waals surface area contributed by atoms with Crippen molar-refractivity contribution in [2.45, 2.75) is 97.1 Å². The number of barbiturate groups is 1. The van der Waals surface area contributed by atoms with Crippen molar-refractivity contribution in [2.75, 3.05) is 11.4 Å². The van der Waals surface area contributed by atoms with E-state index in [0.717, 1.165) is 75.6 Å². The van der Waals surface area contributed by atoms with Gasteiger partial charge < -0.3 is 9.64 Å². The summed E-state index contributed by atoms with van der Waals surface area (Å²) in [5.74, 6) is 0.383. The maximum Gasteiger partial charge on any atom is 0.334 e. The molecule has 3 fully saturated rings. The molecule has 2 aliphatic carbocycles. The molecule has 0 spiro atoms. The summed E-state index contributed by atoms with van der Waals surface area (Å²) in [4.78, 5) is 45.4. The fourth-order valence-electron chi connectivity index (χ4n) is 5.76. The molecular formula is C29H39N3O4. The maximum absolute atomic E-state index is 13.6. The highest BCUT2D eigenvalue weighted by atomic mass is 16.5. The number of imide groups is 2. The van der Waals surface area contributed by atoms with E-state index in [0.29, 0.717) is 12.4 Å². The Kier molecular flexibility index (Phi) is 8.49. The molecule has 1 aromatic carbocycles. The summed E-state index contributed by atoms with van der Waals surface area (Å²) in [5, 5.41) is 0. The van der Waals surface area contributed by atoms with Gasteiger partial charge in [0.1, 0.15) is 5.57 Å². The number of benzene rings is 1. The normalized spacial score (nSPS) is 22.4. The number of carbonyl (C=O) groups excluding carboxylic acids is 3. The molecule has 2 heterocycles. The van der Waals surface area contributed by atoms with Crippen LogP contribution in [0.4, 0.5) is 10.5 Å². The quantitative estimate of drug-likeness (QED) is 0.371. The summed E-state index contributed by atoms with van der Waals surface area (Å²) in [5.41, 5.74) is 1.01. The zero-order valence-electron chi connectivity index (χ0n) is 21.9.